The van der Waals surface area contributed by atoms with Gasteiger partial charge in [-0.1, -0.05) is 0 Å². The summed E-state index contributed by atoms with van der Waals surface area (Å²) < 4.78 is 0. The molecule has 0 unspecified atom stereocenters. The molecule has 3 heteroatoms. The smallest absolute Gasteiger partial charge is 0.129 e. The second kappa shape index (κ2) is 4.80. The van der Waals surface area contributed by atoms with E-state index in [0.717, 1.165) is 36.5 Å². The van der Waals surface area contributed by atoms with Crippen molar-refractivity contribution in [2.45, 2.75) is 50.4 Å². The molecule has 1 aromatic rings. The molecule has 0 aliphatic heterocycles. The Morgan fingerprint density at radius 2 is 1.60 bits per heavy atom. The topological polar surface area (TPSA) is 37.8 Å². The van der Waals surface area contributed by atoms with Crippen molar-refractivity contribution in [1.29, 1.82) is 0 Å². The Morgan fingerprint density at radius 1 is 1.05 bits per heavy atom. The molecule has 0 saturated heterocycles. The van der Waals surface area contributed by atoms with Gasteiger partial charge in [0, 0.05) is 25.4 Å². The van der Waals surface area contributed by atoms with Crippen LogP contribution in [0, 0.1) is 17.8 Å². The molecule has 108 valence electrons. The van der Waals surface area contributed by atoms with Crippen molar-refractivity contribution in [2.75, 3.05) is 13.6 Å². The summed E-state index contributed by atoms with van der Waals surface area (Å²) in [4.78, 5) is 9.24. The standard InChI is InChI=1S/C17H25N3/c1-18-3-2-16-19-10-15(11-20-16)17-7-12-4-13(8-17)6-14(5-12)9-17/h10-14,18H,2-9H2,1H3. The maximum atomic E-state index is 4.62. The van der Waals surface area contributed by atoms with Crippen molar-refractivity contribution >= 4 is 0 Å². The lowest BCUT2D eigenvalue weighted by molar-refractivity contribution is -0.00552. The number of likely N-dealkylation sites (N-methyl/N-ethyl adjacent to an activating group) is 1. The third kappa shape index (κ3) is 2.07. The van der Waals surface area contributed by atoms with Crippen LogP contribution in [0.5, 0.6) is 0 Å². The van der Waals surface area contributed by atoms with Crippen molar-refractivity contribution in [1.82, 2.24) is 15.3 Å². The zero-order chi connectivity index (χ0) is 13.6. The maximum absolute atomic E-state index is 4.62. The SMILES string of the molecule is CNCCc1ncc(C23CC4CC(CC(C4)C2)C3)cn1. The molecule has 4 saturated carbocycles. The highest BCUT2D eigenvalue weighted by atomic mass is 14.9. The van der Waals surface area contributed by atoms with Crippen LogP contribution in [0.15, 0.2) is 12.4 Å². The van der Waals surface area contributed by atoms with Crippen molar-refractivity contribution in [3.63, 3.8) is 0 Å². The number of nitrogens with zero attached hydrogens (tertiary/aromatic N) is 2. The van der Waals surface area contributed by atoms with E-state index in [4.69, 9.17) is 0 Å². The van der Waals surface area contributed by atoms with Gasteiger partial charge in [-0.05, 0) is 74.3 Å². The zero-order valence-corrected chi connectivity index (χ0v) is 12.4. The Labute approximate surface area is 121 Å². The molecule has 1 heterocycles. The lowest BCUT2D eigenvalue weighted by Crippen LogP contribution is -2.48. The monoisotopic (exact) mass is 271 g/mol. The molecule has 0 radical (unpaired) electrons. The molecule has 4 bridgehead atoms. The van der Waals surface area contributed by atoms with Gasteiger partial charge in [-0.2, -0.15) is 0 Å². The number of nitrogens with one attached hydrogen (secondary N) is 1. The van der Waals surface area contributed by atoms with Gasteiger partial charge in [0.15, 0.2) is 0 Å². The Morgan fingerprint density at radius 3 is 2.10 bits per heavy atom. The van der Waals surface area contributed by atoms with Gasteiger partial charge in [0.25, 0.3) is 0 Å². The van der Waals surface area contributed by atoms with Gasteiger partial charge in [-0.25, -0.2) is 9.97 Å². The van der Waals surface area contributed by atoms with Crippen LogP contribution in [-0.4, -0.2) is 23.6 Å². The second-order valence-corrected chi connectivity index (χ2v) is 7.44. The van der Waals surface area contributed by atoms with E-state index in [9.17, 15) is 0 Å². The predicted molar refractivity (Wildman–Crippen MR) is 79.5 cm³/mol. The minimum atomic E-state index is 0.441. The first-order valence-corrected chi connectivity index (χ1v) is 8.23. The fraction of sp³-hybridized carbons (Fsp3) is 0.765. The molecule has 5 rings (SSSR count). The largest absolute Gasteiger partial charge is 0.319 e. The number of aromatic nitrogens is 2. The van der Waals surface area contributed by atoms with Gasteiger partial charge in [0.1, 0.15) is 5.82 Å². The fourth-order valence-electron chi connectivity index (χ4n) is 5.46. The third-order valence-corrected chi connectivity index (χ3v) is 5.95. The van der Waals surface area contributed by atoms with Crippen molar-refractivity contribution < 1.29 is 0 Å². The molecule has 4 fully saturated rings. The molecular formula is C17H25N3. The first-order chi connectivity index (χ1) is 9.77. The molecule has 0 aromatic carbocycles. The molecule has 0 atom stereocenters. The van der Waals surface area contributed by atoms with Crippen LogP contribution in [0.1, 0.15) is 49.9 Å². The van der Waals surface area contributed by atoms with E-state index in [0.29, 0.717) is 5.41 Å². The van der Waals surface area contributed by atoms with Gasteiger partial charge in [-0.15, -0.1) is 0 Å². The Hall–Kier alpha value is -0.960. The summed E-state index contributed by atoms with van der Waals surface area (Å²) in [6.07, 6.45) is 13.9. The van der Waals surface area contributed by atoms with E-state index in [1.54, 1.807) is 0 Å². The number of hydrogen-bond donors (Lipinski definition) is 1. The van der Waals surface area contributed by atoms with Crippen LogP contribution in [0.2, 0.25) is 0 Å². The van der Waals surface area contributed by atoms with Crippen LogP contribution in [0.4, 0.5) is 0 Å². The van der Waals surface area contributed by atoms with Crippen LogP contribution in [-0.2, 0) is 11.8 Å². The summed E-state index contributed by atoms with van der Waals surface area (Å²) in [5.74, 6) is 3.95. The van der Waals surface area contributed by atoms with Crippen LogP contribution in [0.25, 0.3) is 0 Å². The molecule has 1 N–H and O–H groups in total. The molecule has 1 aromatic heterocycles. The van der Waals surface area contributed by atoms with E-state index >= 15 is 0 Å². The van der Waals surface area contributed by atoms with Gasteiger partial charge in [-0.3, -0.25) is 0 Å². The molecule has 3 nitrogen and oxygen atoms in total. The van der Waals surface area contributed by atoms with Crippen LogP contribution in [0.3, 0.4) is 0 Å². The lowest BCUT2D eigenvalue weighted by Gasteiger charge is -2.56. The molecule has 0 amide bonds. The molecular weight excluding hydrogens is 246 g/mol. The summed E-state index contributed by atoms with van der Waals surface area (Å²) in [7, 11) is 1.98. The Balaban J connectivity index is 1.57. The fourth-order valence-corrected chi connectivity index (χ4v) is 5.46. The average molecular weight is 271 g/mol. The molecule has 20 heavy (non-hydrogen) atoms. The minimum absolute atomic E-state index is 0.441. The van der Waals surface area contributed by atoms with Gasteiger partial charge >= 0.3 is 0 Å². The highest BCUT2D eigenvalue weighted by molar-refractivity contribution is 5.25. The molecule has 4 aliphatic rings. The minimum Gasteiger partial charge on any atom is -0.319 e. The first kappa shape index (κ1) is 12.8. The molecule has 4 aliphatic carbocycles. The normalized spacial score (nSPS) is 38.4. The number of rotatable bonds is 4. The lowest BCUT2D eigenvalue weighted by atomic mass is 9.48. The second-order valence-electron chi connectivity index (χ2n) is 7.44. The highest BCUT2D eigenvalue weighted by Crippen LogP contribution is 2.60. The van der Waals surface area contributed by atoms with E-state index in [-0.39, 0.29) is 0 Å². The quantitative estimate of drug-likeness (QED) is 0.915. The zero-order valence-electron chi connectivity index (χ0n) is 12.4. The van der Waals surface area contributed by atoms with Crippen LogP contribution >= 0.6 is 0 Å². The summed E-state index contributed by atoms with van der Waals surface area (Å²) in [6, 6.07) is 0. The van der Waals surface area contributed by atoms with Gasteiger partial charge < -0.3 is 5.32 Å². The van der Waals surface area contributed by atoms with E-state index in [1.165, 1.54) is 44.1 Å². The Kier molecular flexibility index (Phi) is 3.06. The van der Waals surface area contributed by atoms with Gasteiger partial charge in [0.2, 0.25) is 0 Å². The Bertz CT molecular complexity index is 444. The highest BCUT2D eigenvalue weighted by Gasteiger charge is 2.51. The number of hydrogen-bond acceptors (Lipinski definition) is 3. The third-order valence-electron chi connectivity index (χ3n) is 5.95. The van der Waals surface area contributed by atoms with Crippen LogP contribution < -0.4 is 5.32 Å². The summed E-state index contributed by atoms with van der Waals surface area (Å²) >= 11 is 0. The maximum Gasteiger partial charge on any atom is 0.129 e. The molecule has 0 spiro atoms. The van der Waals surface area contributed by atoms with Crippen molar-refractivity contribution in [3.05, 3.63) is 23.8 Å². The van der Waals surface area contributed by atoms with Gasteiger partial charge in [0.05, 0.1) is 0 Å². The van der Waals surface area contributed by atoms with Crippen molar-refractivity contribution in [3.8, 4) is 0 Å². The van der Waals surface area contributed by atoms with E-state index in [2.05, 4.69) is 27.7 Å². The first-order valence-electron chi connectivity index (χ1n) is 8.23. The summed E-state index contributed by atoms with van der Waals surface area (Å²) in [6.45, 7) is 0.955. The predicted octanol–water partition coefficient (Wildman–Crippen LogP) is 2.71. The van der Waals surface area contributed by atoms with Crippen molar-refractivity contribution in [2.24, 2.45) is 17.8 Å². The summed E-state index contributed by atoms with van der Waals surface area (Å²) in [5.41, 5.74) is 1.88. The summed E-state index contributed by atoms with van der Waals surface area (Å²) in [5, 5.41) is 3.16. The average Bonchev–Trinajstić information content (AvgIpc) is 2.44. The van der Waals surface area contributed by atoms with E-state index in [1.807, 2.05) is 7.05 Å². The van der Waals surface area contributed by atoms with E-state index < -0.39 is 0 Å².